The van der Waals surface area contributed by atoms with E-state index in [0.717, 1.165) is 22.6 Å². The van der Waals surface area contributed by atoms with Gasteiger partial charge in [0.1, 0.15) is 11.6 Å². The van der Waals surface area contributed by atoms with E-state index in [2.05, 4.69) is 0 Å². The van der Waals surface area contributed by atoms with E-state index in [1.807, 2.05) is 53.9 Å². The number of hydrogen-bond donors (Lipinski definition) is 1. The standard InChI is InChI=1S/C23H20F2N2OS/c24-17-8-9-20(25)19(12-17)16-11-22(15-5-2-1-3-6-15)27(14-16)23(28)21(26)13-18-7-4-10-29-18/h1-12,21-22H,13-14,26H2/t21-,22?/m0/s1. The number of benzene rings is 2. The number of halogens is 2. The van der Waals surface area contributed by atoms with Gasteiger partial charge in [0.05, 0.1) is 12.1 Å². The minimum Gasteiger partial charge on any atom is -0.326 e. The number of hydrogen-bond acceptors (Lipinski definition) is 3. The lowest BCUT2D eigenvalue weighted by Crippen LogP contribution is -2.45. The van der Waals surface area contributed by atoms with Crippen LogP contribution in [0.5, 0.6) is 0 Å². The number of amides is 1. The fraction of sp³-hybridized carbons (Fsp3) is 0.174. The first-order valence-corrected chi connectivity index (χ1v) is 10.2. The Labute approximate surface area is 172 Å². The molecular formula is C23H20F2N2OS. The number of nitrogens with zero attached hydrogens (tertiary/aromatic N) is 1. The molecule has 3 aromatic rings. The first kappa shape index (κ1) is 19.5. The highest BCUT2D eigenvalue weighted by Crippen LogP contribution is 2.36. The van der Waals surface area contributed by atoms with Gasteiger partial charge in [0.2, 0.25) is 5.91 Å². The van der Waals surface area contributed by atoms with Crippen LogP contribution in [0.15, 0.2) is 72.1 Å². The zero-order valence-electron chi connectivity index (χ0n) is 15.6. The van der Waals surface area contributed by atoms with Crippen LogP contribution in [-0.4, -0.2) is 23.4 Å². The zero-order chi connectivity index (χ0) is 20.4. The normalized spacial score (nSPS) is 17.3. The molecule has 29 heavy (non-hydrogen) atoms. The van der Waals surface area contributed by atoms with E-state index in [-0.39, 0.29) is 24.1 Å². The summed E-state index contributed by atoms with van der Waals surface area (Å²) in [6, 6.07) is 15.6. The monoisotopic (exact) mass is 410 g/mol. The number of carbonyl (C=O) groups is 1. The smallest absolute Gasteiger partial charge is 0.240 e. The highest BCUT2D eigenvalue weighted by molar-refractivity contribution is 7.09. The third-order valence-electron chi connectivity index (χ3n) is 5.05. The second-order valence-corrected chi connectivity index (χ2v) is 8.06. The van der Waals surface area contributed by atoms with Crippen molar-refractivity contribution in [3.05, 3.63) is 99.8 Å². The minimum absolute atomic E-state index is 0.174. The summed E-state index contributed by atoms with van der Waals surface area (Å²) in [6.45, 7) is 0.177. The minimum atomic E-state index is -0.704. The van der Waals surface area contributed by atoms with Gasteiger partial charge in [0.15, 0.2) is 0 Å². The van der Waals surface area contributed by atoms with E-state index in [9.17, 15) is 13.6 Å². The summed E-state index contributed by atoms with van der Waals surface area (Å²) in [4.78, 5) is 15.9. The van der Waals surface area contributed by atoms with E-state index in [1.165, 1.54) is 6.07 Å². The van der Waals surface area contributed by atoms with Gasteiger partial charge in [-0.05, 0) is 40.8 Å². The molecule has 0 fully saturated rings. The van der Waals surface area contributed by atoms with E-state index >= 15 is 0 Å². The molecular weight excluding hydrogens is 390 g/mol. The number of nitrogens with two attached hydrogens (primary N) is 1. The van der Waals surface area contributed by atoms with Crippen molar-refractivity contribution in [3.8, 4) is 0 Å². The predicted molar refractivity (Wildman–Crippen MR) is 111 cm³/mol. The van der Waals surface area contributed by atoms with Crippen molar-refractivity contribution in [1.82, 2.24) is 4.90 Å². The topological polar surface area (TPSA) is 46.3 Å². The van der Waals surface area contributed by atoms with Gasteiger partial charge in [0.25, 0.3) is 0 Å². The summed E-state index contributed by atoms with van der Waals surface area (Å²) in [7, 11) is 0. The predicted octanol–water partition coefficient (Wildman–Crippen LogP) is 4.56. The van der Waals surface area contributed by atoms with Crippen molar-refractivity contribution in [2.45, 2.75) is 18.5 Å². The van der Waals surface area contributed by atoms with Gasteiger partial charge in [0, 0.05) is 23.4 Å². The lowest BCUT2D eigenvalue weighted by molar-refractivity contribution is -0.133. The Bertz CT molecular complexity index is 1030. The Hall–Kier alpha value is -2.83. The molecule has 1 aromatic heterocycles. The van der Waals surface area contributed by atoms with Gasteiger partial charge in [-0.3, -0.25) is 4.79 Å². The molecule has 0 saturated heterocycles. The molecule has 4 rings (SSSR count). The molecule has 6 heteroatoms. The zero-order valence-corrected chi connectivity index (χ0v) is 16.4. The molecule has 148 valence electrons. The van der Waals surface area contributed by atoms with E-state index in [0.29, 0.717) is 12.0 Å². The van der Waals surface area contributed by atoms with Gasteiger partial charge < -0.3 is 10.6 Å². The second-order valence-electron chi connectivity index (χ2n) is 7.03. The summed E-state index contributed by atoms with van der Waals surface area (Å²) in [5.74, 6) is -1.24. The molecule has 0 saturated carbocycles. The van der Waals surface area contributed by atoms with Gasteiger partial charge in [-0.25, -0.2) is 8.78 Å². The highest BCUT2D eigenvalue weighted by Gasteiger charge is 2.34. The fourth-order valence-electron chi connectivity index (χ4n) is 3.62. The number of thiophene rings is 1. The van der Waals surface area contributed by atoms with Crippen molar-refractivity contribution in [2.75, 3.05) is 6.54 Å². The molecule has 2 N–H and O–H groups in total. The Morgan fingerprint density at radius 3 is 2.66 bits per heavy atom. The molecule has 1 aliphatic heterocycles. The van der Waals surface area contributed by atoms with Crippen molar-refractivity contribution in [1.29, 1.82) is 0 Å². The van der Waals surface area contributed by atoms with Gasteiger partial charge in [-0.2, -0.15) is 0 Å². The van der Waals surface area contributed by atoms with Crippen LogP contribution >= 0.6 is 11.3 Å². The molecule has 0 bridgehead atoms. The highest BCUT2D eigenvalue weighted by atomic mass is 32.1. The largest absolute Gasteiger partial charge is 0.326 e. The van der Waals surface area contributed by atoms with Crippen LogP contribution < -0.4 is 5.73 Å². The fourth-order valence-corrected chi connectivity index (χ4v) is 4.39. The first-order valence-electron chi connectivity index (χ1n) is 9.32. The van der Waals surface area contributed by atoms with Crippen molar-refractivity contribution >= 4 is 22.8 Å². The molecule has 0 spiro atoms. The lowest BCUT2D eigenvalue weighted by atomic mass is 10.0. The molecule has 1 aliphatic rings. The second kappa shape index (κ2) is 8.27. The SMILES string of the molecule is N[C@@H](Cc1cccs1)C(=O)N1CC(c2cc(F)ccc2F)=CC1c1ccccc1. The van der Waals surface area contributed by atoms with Crippen LogP contribution in [0.25, 0.3) is 5.57 Å². The van der Waals surface area contributed by atoms with Gasteiger partial charge in [-0.1, -0.05) is 42.5 Å². The molecule has 0 aliphatic carbocycles. The van der Waals surface area contributed by atoms with E-state index in [4.69, 9.17) is 5.73 Å². The van der Waals surface area contributed by atoms with Crippen molar-refractivity contribution in [2.24, 2.45) is 5.73 Å². The third kappa shape index (κ3) is 4.13. The van der Waals surface area contributed by atoms with Crippen molar-refractivity contribution < 1.29 is 13.6 Å². The van der Waals surface area contributed by atoms with Gasteiger partial charge in [-0.15, -0.1) is 11.3 Å². The summed E-state index contributed by atoms with van der Waals surface area (Å²) < 4.78 is 28.1. The van der Waals surface area contributed by atoms with Crippen LogP contribution in [0, 0.1) is 11.6 Å². The summed E-state index contributed by atoms with van der Waals surface area (Å²) in [5, 5.41) is 1.95. The number of rotatable bonds is 5. The maximum Gasteiger partial charge on any atom is 0.240 e. The summed E-state index contributed by atoms with van der Waals surface area (Å²) in [6.07, 6.45) is 2.26. The first-order chi connectivity index (χ1) is 14.0. The molecule has 3 nitrogen and oxygen atoms in total. The van der Waals surface area contributed by atoms with Crippen molar-refractivity contribution in [3.63, 3.8) is 0 Å². The Balaban J connectivity index is 1.65. The average molecular weight is 410 g/mol. The molecule has 2 heterocycles. The molecule has 1 amide bonds. The summed E-state index contributed by atoms with van der Waals surface area (Å²) in [5.41, 5.74) is 7.87. The van der Waals surface area contributed by atoms with E-state index in [1.54, 1.807) is 16.2 Å². The number of carbonyl (C=O) groups excluding carboxylic acids is 1. The Morgan fingerprint density at radius 1 is 1.14 bits per heavy atom. The average Bonchev–Trinajstić information content (AvgIpc) is 3.40. The quantitative estimate of drug-likeness (QED) is 0.670. The Morgan fingerprint density at radius 2 is 1.93 bits per heavy atom. The molecule has 1 unspecified atom stereocenters. The van der Waals surface area contributed by atoms with Crippen LogP contribution in [0.1, 0.15) is 22.0 Å². The molecule has 0 radical (unpaired) electrons. The van der Waals surface area contributed by atoms with Crippen LogP contribution in [0.3, 0.4) is 0 Å². The van der Waals surface area contributed by atoms with Gasteiger partial charge >= 0.3 is 0 Å². The molecule has 2 aromatic carbocycles. The van der Waals surface area contributed by atoms with Crippen LogP contribution in [-0.2, 0) is 11.2 Å². The lowest BCUT2D eigenvalue weighted by Gasteiger charge is -2.28. The van der Waals surface area contributed by atoms with Crippen LogP contribution in [0.4, 0.5) is 8.78 Å². The maximum absolute atomic E-state index is 14.4. The van der Waals surface area contributed by atoms with Crippen LogP contribution in [0.2, 0.25) is 0 Å². The molecule has 2 atom stereocenters. The maximum atomic E-state index is 14.4. The Kier molecular flexibility index (Phi) is 5.56. The van der Waals surface area contributed by atoms with E-state index < -0.39 is 17.7 Å². The summed E-state index contributed by atoms with van der Waals surface area (Å²) >= 11 is 1.55. The third-order valence-corrected chi connectivity index (χ3v) is 5.95.